The van der Waals surface area contributed by atoms with Crippen molar-refractivity contribution >= 4 is 0 Å². The summed E-state index contributed by atoms with van der Waals surface area (Å²) in [6.45, 7) is 0. The molecule has 0 bridgehead atoms. The van der Waals surface area contributed by atoms with Gasteiger partial charge in [-0.25, -0.2) is 8.78 Å². The summed E-state index contributed by atoms with van der Waals surface area (Å²) in [6.07, 6.45) is 0. The minimum atomic E-state index is -0.720. The van der Waals surface area contributed by atoms with Crippen molar-refractivity contribution in [3.05, 3.63) is 83.4 Å². The lowest BCUT2D eigenvalue weighted by molar-refractivity contribution is 0.590. The van der Waals surface area contributed by atoms with Gasteiger partial charge in [-0.05, 0) is 53.1 Å². The van der Waals surface area contributed by atoms with Crippen molar-refractivity contribution in [1.29, 1.82) is 10.5 Å². The molecule has 0 amide bonds. The molecule has 24 heavy (non-hydrogen) atoms. The third-order valence-corrected chi connectivity index (χ3v) is 3.65. The van der Waals surface area contributed by atoms with Gasteiger partial charge < -0.3 is 0 Å². The Morgan fingerprint density at radius 2 is 1.12 bits per heavy atom. The molecule has 0 aliphatic rings. The van der Waals surface area contributed by atoms with Crippen LogP contribution in [0.15, 0.2) is 60.7 Å². The van der Waals surface area contributed by atoms with E-state index in [9.17, 15) is 8.78 Å². The zero-order valence-corrected chi connectivity index (χ0v) is 12.4. The van der Waals surface area contributed by atoms with Crippen LogP contribution in [0.25, 0.3) is 22.3 Å². The number of nitriles is 2. The summed E-state index contributed by atoms with van der Waals surface area (Å²) in [4.78, 5) is 0. The monoisotopic (exact) mass is 316 g/mol. The normalized spacial score (nSPS) is 10.0. The highest BCUT2D eigenvalue weighted by atomic mass is 19.1. The van der Waals surface area contributed by atoms with E-state index < -0.39 is 11.6 Å². The van der Waals surface area contributed by atoms with Crippen LogP contribution in [0.2, 0.25) is 0 Å². The molecule has 3 aromatic rings. The highest BCUT2D eigenvalue weighted by Crippen LogP contribution is 2.31. The van der Waals surface area contributed by atoms with Crippen molar-refractivity contribution in [3.63, 3.8) is 0 Å². The molecule has 3 rings (SSSR count). The smallest absolute Gasteiger partial charge is 0.134 e. The Hall–Kier alpha value is -3.50. The summed E-state index contributed by atoms with van der Waals surface area (Å²) in [6, 6.07) is 19.1. The molecule has 0 heterocycles. The molecular weight excluding hydrogens is 306 g/mol. The van der Waals surface area contributed by atoms with E-state index in [0.717, 1.165) is 0 Å². The largest absolute Gasteiger partial charge is 0.206 e. The van der Waals surface area contributed by atoms with E-state index in [2.05, 4.69) is 0 Å². The Morgan fingerprint density at radius 3 is 1.67 bits per heavy atom. The van der Waals surface area contributed by atoms with Crippen molar-refractivity contribution < 1.29 is 8.78 Å². The van der Waals surface area contributed by atoms with Gasteiger partial charge in [0, 0.05) is 0 Å². The van der Waals surface area contributed by atoms with Gasteiger partial charge in [-0.2, -0.15) is 10.5 Å². The van der Waals surface area contributed by atoms with Gasteiger partial charge in [-0.15, -0.1) is 0 Å². The number of benzene rings is 3. The van der Waals surface area contributed by atoms with E-state index in [4.69, 9.17) is 10.5 Å². The van der Waals surface area contributed by atoms with Gasteiger partial charge in [0.05, 0.1) is 28.8 Å². The first-order valence-electron chi connectivity index (χ1n) is 7.12. The van der Waals surface area contributed by atoms with Crippen molar-refractivity contribution in [2.75, 3.05) is 0 Å². The lowest BCUT2D eigenvalue weighted by Gasteiger charge is -2.09. The lowest BCUT2D eigenvalue weighted by Crippen LogP contribution is -1.93. The summed E-state index contributed by atoms with van der Waals surface area (Å²) in [5.74, 6) is -1.44. The number of nitrogens with zero attached hydrogens (tertiary/aromatic N) is 2. The molecule has 2 nitrogen and oxygen atoms in total. The zero-order chi connectivity index (χ0) is 17.1. The van der Waals surface area contributed by atoms with Gasteiger partial charge in [-0.3, -0.25) is 0 Å². The third kappa shape index (κ3) is 2.86. The first-order chi connectivity index (χ1) is 11.6. The second-order valence-corrected chi connectivity index (χ2v) is 5.20. The van der Waals surface area contributed by atoms with Crippen molar-refractivity contribution in [2.24, 2.45) is 0 Å². The summed E-state index contributed by atoms with van der Waals surface area (Å²) in [7, 11) is 0. The molecule has 0 unspecified atom stereocenters. The van der Waals surface area contributed by atoms with Crippen LogP contribution in [0.4, 0.5) is 8.78 Å². The van der Waals surface area contributed by atoms with Crippen LogP contribution >= 0.6 is 0 Å². The molecule has 0 aromatic heterocycles. The topological polar surface area (TPSA) is 47.6 Å². The van der Waals surface area contributed by atoms with Crippen LogP contribution in [0, 0.1) is 34.3 Å². The molecule has 0 spiro atoms. The molecule has 0 aliphatic carbocycles. The first kappa shape index (κ1) is 15.4. The van der Waals surface area contributed by atoms with Gasteiger partial charge >= 0.3 is 0 Å². The van der Waals surface area contributed by atoms with E-state index in [0.29, 0.717) is 27.8 Å². The maximum absolute atomic E-state index is 14.5. The third-order valence-electron chi connectivity index (χ3n) is 3.65. The summed E-state index contributed by atoms with van der Waals surface area (Å²) in [5, 5.41) is 17.9. The number of hydrogen-bond acceptors (Lipinski definition) is 2. The Balaban J connectivity index is 2.12. The second-order valence-electron chi connectivity index (χ2n) is 5.20. The molecule has 114 valence electrons. The van der Waals surface area contributed by atoms with Gasteiger partial charge in [0.25, 0.3) is 0 Å². The molecule has 0 saturated carbocycles. The zero-order valence-electron chi connectivity index (χ0n) is 12.4. The highest BCUT2D eigenvalue weighted by molar-refractivity contribution is 5.73. The average molecular weight is 316 g/mol. The molecule has 0 fully saturated rings. The Morgan fingerprint density at radius 1 is 0.625 bits per heavy atom. The minimum absolute atomic E-state index is 0.174. The van der Waals surface area contributed by atoms with Crippen LogP contribution < -0.4 is 0 Å². The van der Waals surface area contributed by atoms with Crippen molar-refractivity contribution in [3.8, 4) is 34.4 Å². The quantitative estimate of drug-likeness (QED) is 0.665. The summed E-state index contributed by atoms with van der Waals surface area (Å²) >= 11 is 0. The van der Waals surface area contributed by atoms with Gasteiger partial charge in [0.1, 0.15) is 11.6 Å². The Labute approximate surface area is 137 Å². The number of rotatable bonds is 2. The fourth-order valence-corrected chi connectivity index (χ4v) is 2.53. The van der Waals surface area contributed by atoms with E-state index in [-0.39, 0.29) is 5.56 Å². The van der Waals surface area contributed by atoms with E-state index in [1.54, 1.807) is 42.5 Å². The second kappa shape index (κ2) is 6.32. The van der Waals surface area contributed by atoms with Gasteiger partial charge in [-0.1, -0.05) is 24.3 Å². The fourth-order valence-electron chi connectivity index (χ4n) is 2.53. The molecule has 0 atom stereocenters. The van der Waals surface area contributed by atoms with Crippen LogP contribution in [0.1, 0.15) is 11.1 Å². The van der Waals surface area contributed by atoms with Crippen molar-refractivity contribution in [1.82, 2.24) is 0 Å². The van der Waals surface area contributed by atoms with Crippen LogP contribution in [-0.4, -0.2) is 0 Å². The Bertz CT molecular complexity index is 988. The molecule has 0 radical (unpaired) electrons. The van der Waals surface area contributed by atoms with Crippen LogP contribution in [0.3, 0.4) is 0 Å². The molecule has 3 aromatic carbocycles. The minimum Gasteiger partial charge on any atom is -0.206 e. The summed E-state index contributed by atoms with van der Waals surface area (Å²) in [5.41, 5.74) is 1.79. The first-order valence-corrected chi connectivity index (χ1v) is 7.12. The standard InChI is InChI=1S/C20H10F2N2/c21-18-9-17(15-5-1-3-13(7-15)11-23)10-19(22)20(18)16-6-2-4-14(8-16)12-24/h1-10H. The molecular formula is C20H10F2N2. The maximum Gasteiger partial charge on any atom is 0.134 e. The Kier molecular flexibility index (Phi) is 4.05. The SMILES string of the molecule is N#Cc1cccc(-c2cc(F)c(-c3cccc(C#N)c3)c(F)c2)c1. The maximum atomic E-state index is 14.5. The van der Waals surface area contributed by atoms with Crippen LogP contribution in [-0.2, 0) is 0 Å². The predicted octanol–water partition coefficient (Wildman–Crippen LogP) is 5.04. The van der Waals surface area contributed by atoms with Crippen molar-refractivity contribution in [2.45, 2.75) is 0 Å². The van der Waals surface area contributed by atoms with Gasteiger partial charge in [0.15, 0.2) is 0 Å². The molecule has 0 N–H and O–H groups in total. The molecule has 0 aliphatic heterocycles. The average Bonchev–Trinajstić information content (AvgIpc) is 2.61. The molecule has 0 saturated heterocycles. The highest BCUT2D eigenvalue weighted by Gasteiger charge is 2.14. The van der Waals surface area contributed by atoms with Crippen LogP contribution in [0.5, 0.6) is 0 Å². The van der Waals surface area contributed by atoms with E-state index in [1.807, 2.05) is 12.1 Å². The summed E-state index contributed by atoms with van der Waals surface area (Å²) < 4.78 is 29.0. The lowest BCUT2D eigenvalue weighted by atomic mass is 9.97. The fraction of sp³-hybridized carbons (Fsp3) is 0. The van der Waals surface area contributed by atoms with Gasteiger partial charge in [0.2, 0.25) is 0 Å². The van der Waals surface area contributed by atoms with E-state index >= 15 is 0 Å². The number of halogens is 2. The van der Waals surface area contributed by atoms with E-state index in [1.165, 1.54) is 18.2 Å². The number of hydrogen-bond donors (Lipinski definition) is 0. The predicted molar refractivity (Wildman–Crippen MR) is 86.7 cm³/mol. The molecule has 4 heteroatoms.